The zero-order chi connectivity index (χ0) is 17.9. The molecule has 26 heavy (non-hydrogen) atoms. The summed E-state index contributed by atoms with van der Waals surface area (Å²) in [6.45, 7) is 3.29. The highest BCUT2D eigenvalue weighted by Gasteiger charge is 2.26. The molecule has 1 aliphatic rings. The molecule has 0 unspecified atom stereocenters. The van der Waals surface area contributed by atoms with E-state index in [9.17, 15) is 4.79 Å². The molecule has 136 valence electrons. The molecule has 1 aliphatic carbocycles. The molecule has 2 heterocycles. The number of benzene rings is 1. The molecule has 3 aromatic rings. The molecule has 1 aromatic carbocycles. The number of hydrogen-bond acceptors (Lipinski definition) is 3. The number of aromatic amines is 2. The molecule has 2 N–H and O–H groups in total. The number of aromatic nitrogens is 4. The molecule has 0 spiro atoms. The summed E-state index contributed by atoms with van der Waals surface area (Å²) in [5.41, 5.74) is 3.33. The lowest BCUT2D eigenvalue weighted by molar-refractivity contribution is 0.0692. The second kappa shape index (κ2) is 7.32. The minimum atomic E-state index is -0.0181. The summed E-state index contributed by atoms with van der Waals surface area (Å²) in [6, 6.07) is 7.78. The van der Waals surface area contributed by atoms with Crippen LogP contribution in [0, 0.1) is 12.8 Å². The van der Waals surface area contributed by atoms with Crippen LogP contribution in [0.3, 0.4) is 0 Å². The number of rotatable bonds is 5. The first kappa shape index (κ1) is 16.8. The van der Waals surface area contributed by atoms with E-state index in [-0.39, 0.29) is 5.91 Å². The van der Waals surface area contributed by atoms with Crippen molar-refractivity contribution < 1.29 is 4.79 Å². The fourth-order valence-electron chi connectivity index (χ4n) is 3.90. The lowest BCUT2D eigenvalue weighted by Gasteiger charge is -2.29. The molecular formula is C20H25N5O. The lowest BCUT2D eigenvalue weighted by atomic mass is 9.89. The molecule has 1 fully saturated rings. The summed E-state index contributed by atoms with van der Waals surface area (Å²) in [5.74, 6) is 0.549. The van der Waals surface area contributed by atoms with E-state index < -0.39 is 0 Å². The highest BCUT2D eigenvalue weighted by atomic mass is 16.2. The van der Waals surface area contributed by atoms with Gasteiger partial charge in [0.15, 0.2) is 5.69 Å². The van der Waals surface area contributed by atoms with Crippen LogP contribution in [-0.2, 0) is 6.54 Å². The van der Waals surface area contributed by atoms with Gasteiger partial charge in [0, 0.05) is 17.6 Å². The molecule has 6 heteroatoms. The van der Waals surface area contributed by atoms with Crippen LogP contribution in [0.15, 0.2) is 30.6 Å². The first-order valence-electron chi connectivity index (χ1n) is 9.43. The summed E-state index contributed by atoms with van der Waals surface area (Å²) in [7, 11) is 0. The molecule has 0 saturated heterocycles. The number of imidazole rings is 1. The number of nitrogens with one attached hydrogen (secondary N) is 2. The van der Waals surface area contributed by atoms with Gasteiger partial charge in [-0.3, -0.25) is 9.89 Å². The van der Waals surface area contributed by atoms with Crippen LogP contribution in [-0.4, -0.2) is 37.5 Å². The maximum Gasteiger partial charge on any atom is 0.275 e. The van der Waals surface area contributed by atoms with Gasteiger partial charge in [0.1, 0.15) is 0 Å². The number of carbonyl (C=O) groups is 1. The predicted octanol–water partition coefficient (Wildman–Crippen LogP) is 3.82. The SMILES string of the molecule is Cc1[nH]cnc1CN(CC1CCCCC1)C(=O)c1n[nH]c2ccccc12. The van der Waals surface area contributed by atoms with E-state index >= 15 is 0 Å². The number of H-pyrrole nitrogens is 2. The normalized spacial score (nSPS) is 15.4. The Morgan fingerprint density at radius 1 is 1.23 bits per heavy atom. The van der Waals surface area contributed by atoms with Crippen molar-refractivity contribution in [3.8, 4) is 0 Å². The van der Waals surface area contributed by atoms with Crippen LogP contribution in [0.25, 0.3) is 10.9 Å². The Kier molecular flexibility index (Phi) is 4.73. The van der Waals surface area contributed by atoms with Gasteiger partial charge >= 0.3 is 0 Å². The Bertz CT molecular complexity index is 890. The van der Waals surface area contributed by atoms with Gasteiger partial charge in [-0.25, -0.2) is 4.98 Å². The van der Waals surface area contributed by atoms with E-state index in [0.29, 0.717) is 18.2 Å². The van der Waals surface area contributed by atoms with Crippen LogP contribution in [0.2, 0.25) is 0 Å². The largest absolute Gasteiger partial charge is 0.348 e. The number of nitrogens with zero attached hydrogens (tertiary/aromatic N) is 3. The number of hydrogen-bond donors (Lipinski definition) is 2. The number of amides is 1. The molecular weight excluding hydrogens is 326 g/mol. The monoisotopic (exact) mass is 351 g/mol. The van der Waals surface area contributed by atoms with Gasteiger partial charge in [-0.1, -0.05) is 37.5 Å². The first-order valence-corrected chi connectivity index (χ1v) is 9.43. The molecule has 2 aromatic heterocycles. The van der Waals surface area contributed by atoms with Crippen molar-refractivity contribution in [1.29, 1.82) is 0 Å². The average molecular weight is 351 g/mol. The third-order valence-electron chi connectivity index (χ3n) is 5.44. The van der Waals surface area contributed by atoms with Crippen LogP contribution >= 0.6 is 0 Å². The summed E-state index contributed by atoms with van der Waals surface area (Å²) < 4.78 is 0. The zero-order valence-corrected chi connectivity index (χ0v) is 15.2. The topological polar surface area (TPSA) is 77.7 Å². The van der Waals surface area contributed by atoms with Gasteiger partial charge < -0.3 is 9.88 Å². The van der Waals surface area contributed by atoms with E-state index in [2.05, 4.69) is 20.2 Å². The summed E-state index contributed by atoms with van der Waals surface area (Å²) in [6.07, 6.45) is 7.93. The van der Waals surface area contributed by atoms with E-state index in [1.165, 1.54) is 32.1 Å². The highest BCUT2D eigenvalue weighted by molar-refractivity contribution is 6.04. The fourth-order valence-corrected chi connectivity index (χ4v) is 3.90. The Hall–Kier alpha value is -2.63. The van der Waals surface area contributed by atoms with E-state index in [4.69, 9.17) is 0 Å². The standard InChI is InChI=1S/C20H25N5O/c1-14-18(22-13-21-14)12-25(11-15-7-3-2-4-8-15)20(26)19-16-9-5-6-10-17(16)23-24-19/h5-6,9-10,13,15H,2-4,7-8,11-12H2,1H3,(H,21,22)(H,23,24). The molecule has 1 amide bonds. The zero-order valence-electron chi connectivity index (χ0n) is 15.2. The van der Waals surface area contributed by atoms with Gasteiger partial charge in [0.05, 0.1) is 24.1 Å². The van der Waals surface area contributed by atoms with Gasteiger partial charge in [-0.15, -0.1) is 0 Å². The molecule has 0 radical (unpaired) electrons. The number of carbonyl (C=O) groups excluding carboxylic acids is 1. The molecule has 4 rings (SSSR count). The second-order valence-electron chi connectivity index (χ2n) is 7.28. The smallest absolute Gasteiger partial charge is 0.275 e. The van der Waals surface area contributed by atoms with Gasteiger partial charge in [-0.2, -0.15) is 5.10 Å². The average Bonchev–Trinajstić information content (AvgIpc) is 3.28. The summed E-state index contributed by atoms with van der Waals surface area (Å²) in [5, 5.41) is 8.17. The van der Waals surface area contributed by atoms with Gasteiger partial charge in [0.2, 0.25) is 0 Å². The highest BCUT2D eigenvalue weighted by Crippen LogP contribution is 2.26. The molecule has 0 aliphatic heterocycles. The van der Waals surface area contributed by atoms with Crippen molar-refractivity contribution in [3.05, 3.63) is 47.7 Å². The van der Waals surface area contributed by atoms with Crippen molar-refractivity contribution in [1.82, 2.24) is 25.1 Å². The minimum absolute atomic E-state index is 0.0181. The van der Waals surface area contributed by atoms with Crippen LogP contribution in [0.4, 0.5) is 0 Å². The third-order valence-corrected chi connectivity index (χ3v) is 5.44. The molecule has 6 nitrogen and oxygen atoms in total. The molecule has 0 atom stereocenters. The van der Waals surface area contributed by atoms with Crippen LogP contribution < -0.4 is 0 Å². The van der Waals surface area contributed by atoms with E-state index in [1.54, 1.807) is 6.33 Å². The number of fused-ring (bicyclic) bond motifs is 1. The number of para-hydroxylation sites is 1. The summed E-state index contributed by atoms with van der Waals surface area (Å²) in [4.78, 5) is 22.8. The second-order valence-corrected chi connectivity index (χ2v) is 7.28. The van der Waals surface area contributed by atoms with Crippen molar-refractivity contribution in [2.24, 2.45) is 5.92 Å². The summed E-state index contributed by atoms with van der Waals surface area (Å²) >= 11 is 0. The quantitative estimate of drug-likeness (QED) is 0.733. The lowest BCUT2D eigenvalue weighted by Crippen LogP contribution is -2.36. The first-order chi connectivity index (χ1) is 12.7. The van der Waals surface area contributed by atoms with Crippen molar-refractivity contribution in [3.63, 3.8) is 0 Å². The Labute approximate surface area is 153 Å². The Balaban J connectivity index is 1.62. The number of aryl methyl sites for hydroxylation is 1. The van der Waals surface area contributed by atoms with Crippen LogP contribution in [0.5, 0.6) is 0 Å². The predicted molar refractivity (Wildman–Crippen MR) is 101 cm³/mol. The van der Waals surface area contributed by atoms with Gasteiger partial charge in [0.25, 0.3) is 5.91 Å². The Morgan fingerprint density at radius 3 is 2.81 bits per heavy atom. The third kappa shape index (κ3) is 3.36. The Morgan fingerprint density at radius 2 is 2.04 bits per heavy atom. The maximum absolute atomic E-state index is 13.3. The van der Waals surface area contributed by atoms with Crippen molar-refractivity contribution in [2.45, 2.75) is 45.6 Å². The minimum Gasteiger partial charge on any atom is -0.348 e. The van der Waals surface area contributed by atoms with Gasteiger partial charge in [-0.05, 0) is 31.7 Å². The maximum atomic E-state index is 13.3. The molecule has 1 saturated carbocycles. The van der Waals surface area contributed by atoms with E-state index in [0.717, 1.165) is 28.8 Å². The van der Waals surface area contributed by atoms with E-state index in [1.807, 2.05) is 36.1 Å². The van der Waals surface area contributed by atoms with Crippen molar-refractivity contribution in [2.75, 3.05) is 6.54 Å². The van der Waals surface area contributed by atoms with Crippen LogP contribution in [0.1, 0.15) is 54.0 Å². The van der Waals surface area contributed by atoms with Crippen molar-refractivity contribution >= 4 is 16.8 Å². The fraction of sp³-hybridized carbons (Fsp3) is 0.450. The molecule has 0 bridgehead atoms.